The molecule has 0 bridgehead atoms. The van der Waals surface area contributed by atoms with Crippen molar-refractivity contribution in [2.24, 2.45) is 5.92 Å². The monoisotopic (exact) mass is 469 g/mol. The number of ketones is 2. The van der Waals surface area contributed by atoms with Crippen LogP contribution in [0.5, 0.6) is 0 Å². The number of fused-ring (bicyclic) bond motifs is 6. The first-order chi connectivity index (χ1) is 16.4. The van der Waals surface area contributed by atoms with E-state index in [2.05, 4.69) is 10.3 Å². The van der Waals surface area contributed by atoms with Gasteiger partial charge in [0.2, 0.25) is 5.91 Å². The highest BCUT2D eigenvalue weighted by Gasteiger charge is 2.69. The second-order valence-electron chi connectivity index (χ2n) is 8.92. The Morgan fingerprint density at radius 3 is 2.62 bits per heavy atom. The Balaban J connectivity index is 1.67. The van der Waals surface area contributed by atoms with Crippen molar-refractivity contribution in [3.63, 3.8) is 0 Å². The maximum absolute atomic E-state index is 14.2. The van der Waals surface area contributed by atoms with Crippen LogP contribution < -0.4 is 10.2 Å². The average Bonchev–Trinajstić information content (AvgIpc) is 3.32. The molecule has 6 rings (SSSR count). The van der Waals surface area contributed by atoms with Crippen molar-refractivity contribution >= 4 is 46.5 Å². The van der Waals surface area contributed by atoms with E-state index in [1.165, 1.54) is 6.92 Å². The van der Waals surface area contributed by atoms with Gasteiger partial charge in [-0.2, -0.15) is 0 Å². The van der Waals surface area contributed by atoms with Crippen molar-refractivity contribution in [1.82, 2.24) is 4.98 Å². The third-order valence-electron chi connectivity index (χ3n) is 7.26. The van der Waals surface area contributed by atoms with Crippen molar-refractivity contribution in [2.45, 2.75) is 24.4 Å². The molecule has 0 radical (unpaired) electrons. The summed E-state index contributed by atoms with van der Waals surface area (Å²) in [6.07, 6.45) is 6.95. The predicted octanol–water partition coefficient (Wildman–Crippen LogP) is 4.30. The number of carbonyl (C=O) groups is 3. The number of hydrogen-bond donors (Lipinski definition) is 1. The fourth-order valence-corrected chi connectivity index (χ4v) is 6.18. The lowest BCUT2D eigenvalue weighted by Gasteiger charge is -2.37. The Kier molecular flexibility index (Phi) is 4.51. The predicted molar refractivity (Wildman–Crippen MR) is 130 cm³/mol. The van der Waals surface area contributed by atoms with Crippen molar-refractivity contribution in [3.05, 3.63) is 94.8 Å². The van der Waals surface area contributed by atoms with Crippen LogP contribution in [-0.4, -0.2) is 34.5 Å². The Morgan fingerprint density at radius 1 is 1.09 bits per heavy atom. The van der Waals surface area contributed by atoms with E-state index in [-0.39, 0.29) is 17.5 Å². The summed E-state index contributed by atoms with van der Waals surface area (Å²) in [6.45, 7) is 1.49. The first-order valence-electron chi connectivity index (χ1n) is 11.1. The topological polar surface area (TPSA) is 79.4 Å². The second-order valence-corrected chi connectivity index (χ2v) is 9.35. The van der Waals surface area contributed by atoms with Gasteiger partial charge in [-0.1, -0.05) is 42.0 Å². The summed E-state index contributed by atoms with van der Waals surface area (Å²) in [5.74, 6) is -1.65. The van der Waals surface area contributed by atoms with Crippen LogP contribution in [0.4, 0.5) is 11.4 Å². The van der Waals surface area contributed by atoms with E-state index in [1.54, 1.807) is 30.6 Å². The van der Waals surface area contributed by atoms with Crippen LogP contribution in [-0.2, 0) is 15.0 Å². The van der Waals surface area contributed by atoms with Crippen LogP contribution in [0.2, 0.25) is 5.02 Å². The minimum absolute atomic E-state index is 0.178. The summed E-state index contributed by atoms with van der Waals surface area (Å²) in [7, 11) is 0. The lowest BCUT2D eigenvalue weighted by atomic mass is 9.64. The maximum Gasteiger partial charge on any atom is 0.238 e. The number of Topliss-reactive ketones (excluding diaryl/α,β-unsaturated/α-hetero) is 2. The number of amides is 1. The van der Waals surface area contributed by atoms with E-state index < -0.39 is 23.4 Å². The van der Waals surface area contributed by atoms with Gasteiger partial charge in [0.15, 0.2) is 11.6 Å². The number of rotatable bonds is 3. The zero-order valence-electron chi connectivity index (χ0n) is 18.2. The summed E-state index contributed by atoms with van der Waals surface area (Å²) in [5, 5.41) is 3.57. The fraction of sp³-hybridized carbons (Fsp3) is 0.185. The number of anilines is 2. The maximum atomic E-state index is 14.2. The van der Waals surface area contributed by atoms with Gasteiger partial charge in [0.05, 0.1) is 18.0 Å². The molecule has 0 aliphatic carbocycles. The Bertz CT molecular complexity index is 1400. The van der Waals surface area contributed by atoms with Crippen LogP contribution in [0.25, 0.3) is 6.08 Å². The quantitative estimate of drug-likeness (QED) is 0.579. The summed E-state index contributed by atoms with van der Waals surface area (Å²) in [4.78, 5) is 47.3. The SMILES string of the molecule is CC(=O)[C@H]1[C@@H](C(=O)c2ccncc2)[C@]2(C(=O)Nc3ccccc32)[C@H]2C=Cc3cc(Cl)ccc3N12. The van der Waals surface area contributed by atoms with Crippen LogP contribution in [0.15, 0.2) is 73.1 Å². The molecule has 34 heavy (non-hydrogen) atoms. The number of aromatic nitrogens is 1. The molecule has 6 nitrogen and oxygen atoms in total. The molecule has 2 aromatic carbocycles. The van der Waals surface area contributed by atoms with E-state index >= 15 is 0 Å². The first-order valence-corrected chi connectivity index (χ1v) is 11.4. The van der Waals surface area contributed by atoms with Gasteiger partial charge >= 0.3 is 0 Å². The zero-order chi connectivity index (χ0) is 23.6. The van der Waals surface area contributed by atoms with E-state index in [1.807, 2.05) is 53.5 Å². The minimum Gasteiger partial charge on any atom is -0.352 e. The van der Waals surface area contributed by atoms with Crippen molar-refractivity contribution in [3.8, 4) is 0 Å². The highest BCUT2D eigenvalue weighted by molar-refractivity contribution is 6.31. The third kappa shape index (κ3) is 2.63. The second kappa shape index (κ2) is 7.37. The van der Waals surface area contributed by atoms with Gasteiger partial charge in [-0.05, 0) is 54.4 Å². The molecule has 1 aromatic heterocycles. The average molecular weight is 470 g/mol. The smallest absolute Gasteiger partial charge is 0.238 e. The molecule has 0 saturated carbocycles. The van der Waals surface area contributed by atoms with Crippen molar-refractivity contribution in [2.75, 3.05) is 10.2 Å². The largest absolute Gasteiger partial charge is 0.352 e. The van der Waals surface area contributed by atoms with Crippen LogP contribution in [0.1, 0.15) is 28.4 Å². The molecule has 3 aliphatic rings. The number of para-hydroxylation sites is 1. The number of carbonyl (C=O) groups excluding carboxylic acids is 3. The highest BCUT2D eigenvalue weighted by Crippen LogP contribution is 2.57. The van der Waals surface area contributed by atoms with E-state index in [0.29, 0.717) is 16.3 Å². The molecule has 1 spiro atoms. The Morgan fingerprint density at radius 2 is 1.85 bits per heavy atom. The van der Waals surface area contributed by atoms with Crippen LogP contribution in [0, 0.1) is 5.92 Å². The minimum atomic E-state index is -1.28. The molecule has 1 saturated heterocycles. The lowest BCUT2D eigenvalue weighted by molar-refractivity contribution is -0.122. The molecule has 1 fully saturated rings. The zero-order valence-corrected chi connectivity index (χ0v) is 19.0. The van der Waals surface area contributed by atoms with Gasteiger partial charge in [0.25, 0.3) is 0 Å². The lowest BCUT2D eigenvalue weighted by Crippen LogP contribution is -2.51. The number of benzene rings is 2. The summed E-state index contributed by atoms with van der Waals surface area (Å²) in [5.41, 5.74) is 2.16. The fourth-order valence-electron chi connectivity index (χ4n) is 6.00. The number of nitrogens with one attached hydrogen (secondary N) is 1. The van der Waals surface area contributed by atoms with E-state index in [4.69, 9.17) is 11.6 Å². The standard InChI is InChI=1S/C27H20ClN3O3/c1-15(32)24-23(25(33)16-10-12-29-13-11-16)27(19-4-2-3-5-20(19)30-26(27)34)22-9-6-17-14-18(28)7-8-21(17)31(22)24/h2-14,22-24H,1H3,(H,30,34)/t22-,23+,24+,27-/m1/s1. The molecule has 4 heterocycles. The summed E-state index contributed by atoms with van der Waals surface area (Å²) in [6, 6.07) is 14.8. The van der Waals surface area contributed by atoms with Crippen LogP contribution in [0.3, 0.4) is 0 Å². The van der Waals surface area contributed by atoms with Gasteiger partial charge < -0.3 is 10.2 Å². The molecule has 4 atom stereocenters. The van der Waals surface area contributed by atoms with Gasteiger partial charge in [0.1, 0.15) is 5.41 Å². The van der Waals surface area contributed by atoms with E-state index in [9.17, 15) is 14.4 Å². The summed E-state index contributed by atoms with van der Waals surface area (Å²) < 4.78 is 0. The van der Waals surface area contributed by atoms with Crippen molar-refractivity contribution < 1.29 is 14.4 Å². The van der Waals surface area contributed by atoms with Gasteiger partial charge in [0, 0.05) is 34.4 Å². The number of nitrogens with zero attached hydrogens (tertiary/aromatic N) is 2. The number of pyridine rings is 1. The summed E-state index contributed by atoms with van der Waals surface area (Å²) >= 11 is 6.24. The molecule has 168 valence electrons. The normalized spacial score (nSPS) is 26.1. The molecule has 3 aliphatic heterocycles. The van der Waals surface area contributed by atoms with Gasteiger partial charge in [-0.25, -0.2) is 0 Å². The highest BCUT2D eigenvalue weighted by atomic mass is 35.5. The van der Waals surface area contributed by atoms with Crippen LogP contribution >= 0.6 is 11.6 Å². The van der Waals surface area contributed by atoms with Crippen molar-refractivity contribution in [1.29, 1.82) is 0 Å². The Hall–Kier alpha value is -3.77. The van der Waals surface area contributed by atoms with Gasteiger partial charge in [-0.3, -0.25) is 19.4 Å². The molecule has 7 heteroatoms. The first kappa shape index (κ1) is 20.8. The molecular weight excluding hydrogens is 450 g/mol. The van der Waals surface area contributed by atoms with E-state index in [0.717, 1.165) is 16.8 Å². The number of halogens is 1. The third-order valence-corrected chi connectivity index (χ3v) is 7.49. The molecule has 1 amide bonds. The molecule has 0 unspecified atom stereocenters. The van der Waals surface area contributed by atoms with Gasteiger partial charge in [-0.15, -0.1) is 0 Å². The molecule has 1 N–H and O–H groups in total. The Labute approximate surface area is 201 Å². The molecule has 3 aromatic rings. The number of hydrogen-bond acceptors (Lipinski definition) is 5. The molecular formula is C27H20ClN3O3.